The summed E-state index contributed by atoms with van der Waals surface area (Å²) in [5.41, 5.74) is 3.94. The summed E-state index contributed by atoms with van der Waals surface area (Å²) in [5.74, 6) is 4.58. The monoisotopic (exact) mass is 840 g/mol. The average molecular weight is 841 g/mol. The molecule has 0 radical (unpaired) electrons. The summed E-state index contributed by atoms with van der Waals surface area (Å²) >= 11 is 0. The Labute approximate surface area is 365 Å². The first-order valence-corrected chi connectivity index (χ1v) is 21.9. The maximum Gasteiger partial charge on any atom is 0.324 e. The molecule has 3 saturated heterocycles. The van der Waals surface area contributed by atoms with Crippen LogP contribution >= 0.6 is 0 Å². The molecular formula is C51H48N6O6. The van der Waals surface area contributed by atoms with Crippen LogP contribution in [0, 0.1) is 17.8 Å². The number of fused-ring (bicyclic) bond motifs is 4. The Hall–Kier alpha value is -6.81. The van der Waals surface area contributed by atoms with Gasteiger partial charge in [-0.15, -0.1) is 5.10 Å². The zero-order valence-corrected chi connectivity index (χ0v) is 34.8. The number of aliphatic hydroxyl groups is 1. The third-order valence-electron chi connectivity index (χ3n) is 13.2. The van der Waals surface area contributed by atoms with E-state index in [1.165, 1.54) is 0 Å². The van der Waals surface area contributed by atoms with Crippen LogP contribution in [0.3, 0.4) is 0 Å². The molecule has 63 heavy (non-hydrogen) atoms. The second kappa shape index (κ2) is 17.2. The van der Waals surface area contributed by atoms with Crippen molar-refractivity contribution in [2.45, 2.75) is 68.3 Å². The number of rotatable bonds is 8. The predicted molar refractivity (Wildman–Crippen MR) is 236 cm³/mol. The number of esters is 1. The lowest BCUT2D eigenvalue weighted by Crippen LogP contribution is -2.55. The summed E-state index contributed by atoms with van der Waals surface area (Å²) in [6.07, 6.45) is 3.90. The van der Waals surface area contributed by atoms with Crippen LogP contribution in [-0.4, -0.2) is 80.0 Å². The number of likely N-dealkylation sites (tertiary alicyclic amines) is 1. The lowest BCUT2D eigenvalue weighted by molar-refractivity contribution is -0.179. The molecule has 12 nitrogen and oxygen atoms in total. The number of amides is 2. The minimum Gasteiger partial charge on any atom is -0.491 e. The van der Waals surface area contributed by atoms with Crippen molar-refractivity contribution in [2.75, 3.05) is 31.6 Å². The molecule has 0 aliphatic carbocycles. The van der Waals surface area contributed by atoms with Gasteiger partial charge in [0.2, 0.25) is 11.8 Å². The Morgan fingerprint density at radius 3 is 2.30 bits per heavy atom. The summed E-state index contributed by atoms with van der Waals surface area (Å²) in [6, 6.07) is 37.5. The fourth-order valence-corrected chi connectivity index (χ4v) is 10.5. The van der Waals surface area contributed by atoms with Gasteiger partial charge in [0.15, 0.2) is 0 Å². The standard InChI is InChI=1S/C51H48N6O6/c58-31-32-62-42-25-13-10-22-37(42)47-51(38-33-34(26-27-39(38)52-50(51)61)17-16-30-56-41-24-12-11-23-40(41)53-54-56)43(48(59)55-28-14-2-1-3-15-29-55)45-49(60)63-46(36-20-8-5-9-21-36)44(57(45)47)35-18-6-4-7-19-35/h4-13,18-27,33,43-47,58H,1-3,14-15,28-32H2,(H,52,61). The van der Waals surface area contributed by atoms with E-state index in [1.807, 2.05) is 132 Å². The van der Waals surface area contributed by atoms with Crippen LogP contribution in [0.2, 0.25) is 0 Å². The summed E-state index contributed by atoms with van der Waals surface area (Å²) in [4.78, 5) is 50.9. The molecule has 318 valence electrons. The number of morpholine rings is 1. The maximum absolute atomic E-state index is 15.9. The molecule has 1 aromatic heterocycles. The van der Waals surface area contributed by atoms with E-state index in [1.54, 1.807) is 4.68 Å². The summed E-state index contributed by atoms with van der Waals surface area (Å²) in [5, 5.41) is 21.8. The number of carbonyl (C=O) groups is 3. The van der Waals surface area contributed by atoms with Crippen molar-refractivity contribution in [3.63, 3.8) is 0 Å². The number of ether oxygens (including phenoxy) is 2. The third-order valence-corrected chi connectivity index (χ3v) is 13.2. The van der Waals surface area contributed by atoms with Gasteiger partial charge in [0.25, 0.3) is 0 Å². The number of hydrogen-bond donors (Lipinski definition) is 2. The van der Waals surface area contributed by atoms with E-state index in [9.17, 15) is 5.11 Å². The largest absolute Gasteiger partial charge is 0.491 e. The second-order valence-electron chi connectivity index (χ2n) is 16.7. The van der Waals surface area contributed by atoms with Gasteiger partial charge in [-0.3, -0.25) is 19.3 Å². The molecule has 6 unspecified atom stereocenters. The van der Waals surface area contributed by atoms with Crippen molar-refractivity contribution in [1.82, 2.24) is 24.8 Å². The minimum absolute atomic E-state index is 0.00330. The molecule has 5 aromatic carbocycles. The number of nitrogens with one attached hydrogen (secondary N) is 1. The zero-order chi connectivity index (χ0) is 42.9. The highest BCUT2D eigenvalue weighted by Gasteiger charge is 2.74. The minimum atomic E-state index is -1.68. The quantitative estimate of drug-likeness (QED) is 0.124. The smallest absolute Gasteiger partial charge is 0.324 e. The lowest BCUT2D eigenvalue weighted by Gasteiger charge is -2.46. The number of cyclic esters (lactones) is 1. The number of carbonyl (C=O) groups excluding carboxylic acids is 3. The highest BCUT2D eigenvalue weighted by Crippen LogP contribution is 2.66. The molecule has 3 fully saturated rings. The van der Waals surface area contributed by atoms with Gasteiger partial charge >= 0.3 is 5.97 Å². The highest BCUT2D eigenvalue weighted by atomic mass is 16.6. The van der Waals surface area contributed by atoms with Crippen LogP contribution in [0.1, 0.15) is 78.1 Å². The van der Waals surface area contributed by atoms with Gasteiger partial charge in [0, 0.05) is 29.9 Å². The first-order valence-electron chi connectivity index (χ1n) is 21.9. The second-order valence-corrected chi connectivity index (χ2v) is 16.7. The molecule has 4 aliphatic rings. The molecule has 1 spiro atoms. The van der Waals surface area contributed by atoms with E-state index in [0.717, 1.165) is 54.3 Å². The van der Waals surface area contributed by atoms with Crippen LogP contribution in [0.15, 0.2) is 127 Å². The number of nitrogens with zero attached hydrogens (tertiary/aromatic N) is 5. The molecule has 5 heterocycles. The number of para-hydroxylation sites is 2. The Balaban J connectivity index is 1.22. The summed E-state index contributed by atoms with van der Waals surface area (Å²) in [7, 11) is 0. The number of hydrogen-bond acceptors (Lipinski definition) is 9. The van der Waals surface area contributed by atoms with Gasteiger partial charge in [0.05, 0.1) is 30.1 Å². The Bertz CT molecular complexity index is 2720. The molecule has 12 heteroatoms. The number of benzene rings is 5. The molecule has 2 amide bonds. The first kappa shape index (κ1) is 40.3. The fraction of sp³-hybridized carbons (Fsp3) is 0.314. The molecular weight excluding hydrogens is 793 g/mol. The van der Waals surface area contributed by atoms with Crippen LogP contribution in [-0.2, 0) is 31.1 Å². The van der Waals surface area contributed by atoms with Crippen LogP contribution in [0.4, 0.5) is 5.69 Å². The van der Waals surface area contributed by atoms with Crippen molar-refractivity contribution in [3.8, 4) is 17.6 Å². The van der Waals surface area contributed by atoms with E-state index in [4.69, 9.17) is 9.47 Å². The molecule has 10 rings (SSSR count). The number of aliphatic hydroxyl groups excluding tert-OH is 1. The molecule has 6 atom stereocenters. The SMILES string of the molecule is O=C1OC(c2ccccc2)C(c2ccccc2)N2C1C(C(=O)N1CCCCCCC1)C1(C(=O)Nc3ccc(C#CCn4nnc5ccccc54)cc31)C2c1ccccc1OCCO. The fourth-order valence-electron chi connectivity index (χ4n) is 10.5. The van der Waals surface area contributed by atoms with Crippen LogP contribution in [0.5, 0.6) is 5.75 Å². The van der Waals surface area contributed by atoms with E-state index in [-0.39, 0.29) is 25.7 Å². The third kappa shape index (κ3) is 7.02. The zero-order valence-electron chi connectivity index (χ0n) is 34.8. The Kier molecular flexibility index (Phi) is 11.0. The molecule has 4 aliphatic heterocycles. The normalized spacial score (nSPS) is 24.4. The van der Waals surface area contributed by atoms with E-state index in [2.05, 4.69) is 32.4 Å². The average Bonchev–Trinajstić information content (AvgIpc) is 3.96. The molecule has 0 bridgehead atoms. The van der Waals surface area contributed by atoms with Crippen molar-refractivity contribution in [2.24, 2.45) is 5.92 Å². The van der Waals surface area contributed by atoms with Gasteiger partial charge in [0.1, 0.15) is 42.0 Å². The van der Waals surface area contributed by atoms with E-state index >= 15 is 14.4 Å². The van der Waals surface area contributed by atoms with Gasteiger partial charge in [-0.1, -0.05) is 127 Å². The van der Waals surface area contributed by atoms with E-state index < -0.39 is 47.4 Å². The number of aromatic nitrogens is 3. The van der Waals surface area contributed by atoms with Crippen LogP contribution in [0.25, 0.3) is 11.0 Å². The van der Waals surface area contributed by atoms with Crippen molar-refractivity contribution in [1.29, 1.82) is 0 Å². The van der Waals surface area contributed by atoms with Gasteiger partial charge in [-0.25, -0.2) is 4.68 Å². The first-order chi connectivity index (χ1) is 31.0. The van der Waals surface area contributed by atoms with Gasteiger partial charge in [-0.2, -0.15) is 0 Å². The number of anilines is 1. The highest BCUT2D eigenvalue weighted by molar-refractivity contribution is 6.12. The predicted octanol–water partition coefficient (Wildman–Crippen LogP) is 6.92. The Morgan fingerprint density at radius 1 is 0.825 bits per heavy atom. The van der Waals surface area contributed by atoms with Gasteiger partial charge in [-0.05, 0) is 65.9 Å². The molecule has 0 saturated carbocycles. The van der Waals surface area contributed by atoms with Crippen molar-refractivity contribution in [3.05, 3.63) is 155 Å². The Morgan fingerprint density at radius 2 is 1.52 bits per heavy atom. The maximum atomic E-state index is 15.9. The summed E-state index contributed by atoms with van der Waals surface area (Å²) < 4.78 is 14.7. The van der Waals surface area contributed by atoms with Crippen molar-refractivity contribution < 1.29 is 29.0 Å². The molecule has 6 aromatic rings. The van der Waals surface area contributed by atoms with E-state index in [0.29, 0.717) is 41.2 Å². The summed E-state index contributed by atoms with van der Waals surface area (Å²) in [6.45, 7) is 1.06. The van der Waals surface area contributed by atoms with Gasteiger partial charge < -0.3 is 24.8 Å². The lowest BCUT2D eigenvalue weighted by atomic mass is 9.64. The van der Waals surface area contributed by atoms with Crippen LogP contribution < -0.4 is 10.1 Å². The molecule has 2 N–H and O–H groups in total. The van der Waals surface area contributed by atoms with Crippen molar-refractivity contribution >= 4 is 34.5 Å². The topological polar surface area (TPSA) is 139 Å².